The Morgan fingerprint density at radius 1 is 1.10 bits per heavy atom. The zero-order valence-electron chi connectivity index (χ0n) is 10.0. The molecule has 0 fully saturated rings. The van der Waals surface area contributed by atoms with Crippen LogP contribution in [0.3, 0.4) is 0 Å². The predicted octanol–water partition coefficient (Wildman–Crippen LogP) is 3.71. The summed E-state index contributed by atoms with van der Waals surface area (Å²) in [7, 11) is 0. The third kappa shape index (κ3) is 3.47. The van der Waals surface area contributed by atoms with Crippen molar-refractivity contribution in [3.05, 3.63) is 54.4 Å². The Morgan fingerprint density at radius 3 is 2.45 bits per heavy atom. The number of ether oxygens (including phenoxy) is 1. The molecule has 0 unspecified atom stereocenters. The number of para-hydroxylation sites is 1. The lowest BCUT2D eigenvalue weighted by molar-refractivity contribution is -0.142. The van der Waals surface area contributed by atoms with Gasteiger partial charge in [-0.3, -0.25) is 5.32 Å². The summed E-state index contributed by atoms with van der Waals surface area (Å²) < 4.78 is 42.6. The molecule has 7 heteroatoms. The lowest BCUT2D eigenvalue weighted by Gasteiger charge is -2.11. The summed E-state index contributed by atoms with van der Waals surface area (Å²) in [6.07, 6.45) is -4.73. The molecule has 2 rings (SSSR count). The Balaban J connectivity index is 2.13. The third-order valence-corrected chi connectivity index (χ3v) is 2.26. The number of amides is 1. The molecule has 1 N–H and O–H groups in total. The minimum absolute atomic E-state index is 0.412. The molecule has 1 heterocycles. The maximum Gasteiger partial charge on any atom is 0.437 e. The highest BCUT2D eigenvalue weighted by Gasteiger charge is 2.36. The average Bonchev–Trinajstić information content (AvgIpc) is 2.39. The van der Waals surface area contributed by atoms with Crippen LogP contribution in [0.1, 0.15) is 5.69 Å². The van der Waals surface area contributed by atoms with E-state index >= 15 is 0 Å². The number of alkyl halides is 3. The van der Waals surface area contributed by atoms with Gasteiger partial charge in [-0.15, -0.1) is 0 Å². The van der Waals surface area contributed by atoms with Crippen molar-refractivity contribution >= 4 is 11.8 Å². The molecule has 1 amide bonds. The number of pyridine rings is 1. The Labute approximate surface area is 112 Å². The van der Waals surface area contributed by atoms with Crippen molar-refractivity contribution in [2.75, 3.05) is 5.32 Å². The zero-order chi connectivity index (χ0) is 14.6. The monoisotopic (exact) mass is 282 g/mol. The zero-order valence-corrected chi connectivity index (χ0v) is 10.0. The van der Waals surface area contributed by atoms with Gasteiger partial charge in [0, 0.05) is 11.9 Å². The molecule has 1 aromatic heterocycles. The van der Waals surface area contributed by atoms with Crippen molar-refractivity contribution in [1.82, 2.24) is 4.98 Å². The van der Waals surface area contributed by atoms with Crippen LogP contribution in [0, 0.1) is 0 Å². The lowest BCUT2D eigenvalue weighted by Crippen LogP contribution is -2.19. The first kappa shape index (κ1) is 13.9. The Kier molecular flexibility index (Phi) is 3.88. The highest BCUT2D eigenvalue weighted by atomic mass is 19.4. The van der Waals surface area contributed by atoms with Crippen molar-refractivity contribution in [3.63, 3.8) is 0 Å². The number of benzene rings is 1. The fourth-order valence-corrected chi connectivity index (χ4v) is 1.45. The molecule has 0 radical (unpaired) electrons. The quantitative estimate of drug-likeness (QED) is 0.913. The number of aromatic nitrogens is 1. The van der Waals surface area contributed by atoms with E-state index in [4.69, 9.17) is 0 Å². The van der Waals surface area contributed by atoms with E-state index in [1.54, 1.807) is 30.3 Å². The molecule has 0 spiro atoms. The van der Waals surface area contributed by atoms with Gasteiger partial charge in [0.15, 0.2) is 11.4 Å². The molecule has 104 valence electrons. The predicted molar refractivity (Wildman–Crippen MR) is 65.3 cm³/mol. The first-order valence-electron chi connectivity index (χ1n) is 5.53. The van der Waals surface area contributed by atoms with Gasteiger partial charge in [-0.2, -0.15) is 13.2 Å². The smallest absolute Gasteiger partial charge is 0.408 e. The second-order valence-corrected chi connectivity index (χ2v) is 3.73. The van der Waals surface area contributed by atoms with E-state index < -0.39 is 23.7 Å². The number of hydrogen-bond acceptors (Lipinski definition) is 3. The fraction of sp³-hybridized carbons (Fsp3) is 0.0769. The second-order valence-electron chi connectivity index (χ2n) is 3.73. The maximum absolute atomic E-state index is 12.7. The molecular weight excluding hydrogens is 273 g/mol. The SMILES string of the molecule is O=C(Nc1ccccc1)Oc1cccnc1C(F)(F)F. The van der Waals surface area contributed by atoms with Crippen LogP contribution in [-0.4, -0.2) is 11.1 Å². The minimum Gasteiger partial charge on any atom is -0.408 e. The van der Waals surface area contributed by atoms with E-state index in [0.29, 0.717) is 5.69 Å². The van der Waals surface area contributed by atoms with Crippen LogP contribution in [0.2, 0.25) is 0 Å². The van der Waals surface area contributed by atoms with Crippen LogP contribution in [-0.2, 0) is 6.18 Å². The molecule has 0 bridgehead atoms. The Morgan fingerprint density at radius 2 is 1.80 bits per heavy atom. The fourth-order valence-electron chi connectivity index (χ4n) is 1.45. The van der Waals surface area contributed by atoms with Gasteiger partial charge in [-0.25, -0.2) is 9.78 Å². The van der Waals surface area contributed by atoms with Crippen molar-refractivity contribution in [2.24, 2.45) is 0 Å². The van der Waals surface area contributed by atoms with Crippen LogP contribution in [0.15, 0.2) is 48.7 Å². The van der Waals surface area contributed by atoms with Crippen LogP contribution in [0.25, 0.3) is 0 Å². The highest BCUT2D eigenvalue weighted by molar-refractivity contribution is 5.86. The van der Waals surface area contributed by atoms with E-state index in [2.05, 4.69) is 15.0 Å². The number of carbonyl (C=O) groups excluding carboxylic acids is 1. The van der Waals surface area contributed by atoms with Gasteiger partial charge in [0.2, 0.25) is 0 Å². The number of nitrogens with zero attached hydrogens (tertiary/aromatic N) is 1. The van der Waals surface area contributed by atoms with Gasteiger partial charge in [0.25, 0.3) is 0 Å². The Hall–Kier alpha value is -2.57. The number of hydrogen-bond donors (Lipinski definition) is 1. The molecule has 0 aliphatic rings. The summed E-state index contributed by atoms with van der Waals surface area (Å²) >= 11 is 0. The summed E-state index contributed by atoms with van der Waals surface area (Å²) in [6.45, 7) is 0. The summed E-state index contributed by atoms with van der Waals surface area (Å²) in [6, 6.07) is 10.5. The van der Waals surface area contributed by atoms with Gasteiger partial charge in [0.05, 0.1) is 0 Å². The molecule has 0 aliphatic carbocycles. The lowest BCUT2D eigenvalue weighted by atomic mass is 10.3. The Bertz CT molecular complexity index is 600. The maximum atomic E-state index is 12.7. The number of carbonyl (C=O) groups is 1. The first-order chi connectivity index (χ1) is 9.47. The number of rotatable bonds is 2. The number of halogens is 3. The van der Waals surface area contributed by atoms with Crippen LogP contribution >= 0.6 is 0 Å². The van der Waals surface area contributed by atoms with E-state index in [1.807, 2.05) is 0 Å². The molecular formula is C13H9F3N2O2. The van der Waals surface area contributed by atoms with E-state index in [9.17, 15) is 18.0 Å². The summed E-state index contributed by atoms with van der Waals surface area (Å²) in [4.78, 5) is 14.7. The van der Waals surface area contributed by atoms with E-state index in [-0.39, 0.29) is 0 Å². The molecule has 1 aromatic carbocycles. The van der Waals surface area contributed by atoms with Gasteiger partial charge in [-0.05, 0) is 24.3 Å². The van der Waals surface area contributed by atoms with E-state index in [0.717, 1.165) is 12.3 Å². The third-order valence-electron chi connectivity index (χ3n) is 2.26. The molecule has 4 nitrogen and oxygen atoms in total. The molecule has 20 heavy (non-hydrogen) atoms. The summed E-state index contributed by atoms with van der Waals surface area (Å²) in [5, 5.41) is 2.31. The highest BCUT2D eigenvalue weighted by Crippen LogP contribution is 2.34. The van der Waals surface area contributed by atoms with Gasteiger partial charge in [-0.1, -0.05) is 18.2 Å². The van der Waals surface area contributed by atoms with Gasteiger partial charge < -0.3 is 4.74 Å². The second kappa shape index (κ2) is 5.60. The first-order valence-corrected chi connectivity index (χ1v) is 5.53. The van der Waals surface area contributed by atoms with Crippen LogP contribution in [0.5, 0.6) is 5.75 Å². The van der Waals surface area contributed by atoms with Crippen LogP contribution in [0.4, 0.5) is 23.7 Å². The van der Waals surface area contributed by atoms with Crippen molar-refractivity contribution < 1.29 is 22.7 Å². The summed E-state index contributed by atoms with van der Waals surface area (Å²) in [5.74, 6) is -0.645. The normalized spacial score (nSPS) is 10.9. The van der Waals surface area contributed by atoms with Crippen molar-refractivity contribution in [2.45, 2.75) is 6.18 Å². The molecule has 0 saturated carbocycles. The topological polar surface area (TPSA) is 51.2 Å². The van der Waals surface area contributed by atoms with Gasteiger partial charge >= 0.3 is 12.3 Å². The molecule has 0 aliphatic heterocycles. The largest absolute Gasteiger partial charge is 0.437 e. The minimum atomic E-state index is -4.69. The summed E-state index contributed by atoms with van der Waals surface area (Å²) in [5.41, 5.74) is -0.835. The molecule has 2 aromatic rings. The van der Waals surface area contributed by atoms with Crippen molar-refractivity contribution in [1.29, 1.82) is 0 Å². The van der Waals surface area contributed by atoms with Gasteiger partial charge in [0.1, 0.15) is 0 Å². The van der Waals surface area contributed by atoms with Crippen molar-refractivity contribution in [3.8, 4) is 5.75 Å². The van der Waals surface area contributed by atoms with Crippen LogP contribution < -0.4 is 10.1 Å². The number of anilines is 1. The average molecular weight is 282 g/mol. The molecule has 0 saturated heterocycles. The van der Waals surface area contributed by atoms with E-state index in [1.165, 1.54) is 6.07 Å². The molecule has 0 atom stereocenters. The standard InChI is InChI=1S/C13H9F3N2O2/c14-13(15,16)11-10(7-4-8-17-11)20-12(19)18-9-5-2-1-3-6-9/h1-8H,(H,18,19). The number of nitrogens with one attached hydrogen (secondary N) is 1.